The van der Waals surface area contributed by atoms with Gasteiger partial charge in [-0.2, -0.15) is 4.31 Å². The average molecular weight is 474 g/mol. The fourth-order valence-electron chi connectivity index (χ4n) is 3.46. The summed E-state index contributed by atoms with van der Waals surface area (Å²) in [6.07, 6.45) is 0. The van der Waals surface area contributed by atoms with Crippen LogP contribution in [0.15, 0.2) is 59.5 Å². The Hall–Kier alpha value is -2.91. The van der Waals surface area contributed by atoms with E-state index in [-0.39, 0.29) is 55.5 Å². The van der Waals surface area contributed by atoms with E-state index in [1.165, 1.54) is 4.31 Å². The molecule has 8 nitrogen and oxygen atoms in total. The molecule has 1 aliphatic rings. The third-order valence-electron chi connectivity index (χ3n) is 5.50. The van der Waals surface area contributed by atoms with Gasteiger partial charge in [0.2, 0.25) is 15.9 Å². The Kier molecular flexibility index (Phi) is 7.76. The number of rotatable bonds is 7. The van der Waals surface area contributed by atoms with Gasteiger partial charge in [0.05, 0.1) is 11.4 Å². The number of amides is 2. The summed E-state index contributed by atoms with van der Waals surface area (Å²) in [6, 6.07) is 15.9. The highest BCUT2D eigenvalue weighted by Crippen LogP contribution is 2.25. The van der Waals surface area contributed by atoms with Gasteiger partial charge in [0.1, 0.15) is 5.75 Å². The Balaban J connectivity index is 1.46. The Morgan fingerprint density at radius 1 is 0.939 bits per heavy atom. The van der Waals surface area contributed by atoms with Crippen LogP contribution in [0.1, 0.15) is 26.3 Å². The van der Waals surface area contributed by atoms with E-state index >= 15 is 0 Å². The smallest absolute Gasteiger partial charge is 0.258 e. The molecule has 2 aromatic rings. The van der Waals surface area contributed by atoms with Crippen molar-refractivity contribution in [2.24, 2.45) is 0 Å². The maximum atomic E-state index is 13.0. The summed E-state index contributed by atoms with van der Waals surface area (Å²) >= 11 is 0. The highest BCUT2D eigenvalue weighted by Gasteiger charge is 2.30. The van der Waals surface area contributed by atoms with Crippen LogP contribution in [-0.2, 0) is 25.0 Å². The molecular weight excluding hydrogens is 442 g/mol. The van der Waals surface area contributed by atoms with Crippen molar-refractivity contribution >= 4 is 21.8 Å². The van der Waals surface area contributed by atoms with Gasteiger partial charge in [-0.05, 0) is 35.2 Å². The number of benzene rings is 2. The predicted octanol–water partition coefficient (Wildman–Crippen LogP) is 2.01. The molecule has 0 saturated carbocycles. The van der Waals surface area contributed by atoms with Crippen LogP contribution in [0.25, 0.3) is 0 Å². The summed E-state index contributed by atoms with van der Waals surface area (Å²) in [4.78, 5) is 26.2. The molecule has 2 aromatic carbocycles. The zero-order valence-corrected chi connectivity index (χ0v) is 20.1. The number of para-hydroxylation sites is 1. The number of hydrogen-bond donors (Lipinski definition) is 1. The third kappa shape index (κ3) is 6.55. The molecule has 0 spiro atoms. The van der Waals surface area contributed by atoms with E-state index in [4.69, 9.17) is 4.74 Å². The zero-order valence-electron chi connectivity index (χ0n) is 19.3. The highest BCUT2D eigenvalue weighted by atomic mass is 32.2. The first-order valence-corrected chi connectivity index (χ1v) is 12.3. The lowest BCUT2D eigenvalue weighted by Crippen LogP contribution is -2.52. The molecule has 1 aliphatic heterocycles. The maximum Gasteiger partial charge on any atom is 0.258 e. The molecule has 178 valence electrons. The number of nitrogens with one attached hydrogen (secondary N) is 1. The van der Waals surface area contributed by atoms with Gasteiger partial charge in [-0.1, -0.05) is 51.1 Å². The van der Waals surface area contributed by atoms with Crippen molar-refractivity contribution < 1.29 is 22.7 Å². The van der Waals surface area contributed by atoms with Crippen LogP contribution in [0.5, 0.6) is 5.75 Å². The van der Waals surface area contributed by atoms with Crippen molar-refractivity contribution in [1.82, 2.24) is 14.5 Å². The fraction of sp³-hybridized carbons (Fsp3) is 0.417. The van der Waals surface area contributed by atoms with Gasteiger partial charge in [-0.25, -0.2) is 8.42 Å². The largest absolute Gasteiger partial charge is 0.484 e. The number of hydrogen-bond acceptors (Lipinski definition) is 5. The average Bonchev–Trinajstić information content (AvgIpc) is 2.81. The minimum Gasteiger partial charge on any atom is -0.484 e. The van der Waals surface area contributed by atoms with Gasteiger partial charge in [-0.15, -0.1) is 0 Å². The van der Waals surface area contributed by atoms with E-state index in [0.29, 0.717) is 5.75 Å². The second-order valence-corrected chi connectivity index (χ2v) is 10.9. The number of sulfonamides is 1. The van der Waals surface area contributed by atoms with E-state index in [1.807, 2.05) is 18.2 Å². The lowest BCUT2D eigenvalue weighted by molar-refractivity contribution is -0.134. The SMILES string of the molecule is CC(C)(C)c1ccc(S(=O)(=O)N2CCN(C(=O)CNC(=O)COc3ccccc3)CC2)cc1. The van der Waals surface area contributed by atoms with Crippen molar-refractivity contribution in [3.05, 3.63) is 60.2 Å². The Bertz CT molecular complexity index is 1060. The first kappa shape index (κ1) is 24.7. The van der Waals surface area contributed by atoms with Crippen molar-refractivity contribution in [2.45, 2.75) is 31.1 Å². The van der Waals surface area contributed by atoms with E-state index < -0.39 is 15.9 Å². The normalized spacial score (nSPS) is 15.2. The van der Waals surface area contributed by atoms with Crippen LogP contribution in [0.2, 0.25) is 0 Å². The third-order valence-corrected chi connectivity index (χ3v) is 7.41. The van der Waals surface area contributed by atoms with Crippen LogP contribution >= 0.6 is 0 Å². The van der Waals surface area contributed by atoms with Crippen LogP contribution in [0.4, 0.5) is 0 Å². The van der Waals surface area contributed by atoms with E-state index in [1.54, 1.807) is 41.3 Å². The van der Waals surface area contributed by atoms with Crippen molar-refractivity contribution in [2.75, 3.05) is 39.3 Å². The van der Waals surface area contributed by atoms with Crippen LogP contribution in [0.3, 0.4) is 0 Å². The molecule has 1 N–H and O–H groups in total. The second kappa shape index (κ2) is 10.4. The quantitative estimate of drug-likeness (QED) is 0.664. The molecule has 3 rings (SSSR count). The molecule has 0 unspecified atom stereocenters. The summed E-state index contributed by atoms with van der Waals surface area (Å²) in [6.45, 7) is 6.85. The Morgan fingerprint density at radius 3 is 2.12 bits per heavy atom. The minimum atomic E-state index is -3.62. The van der Waals surface area contributed by atoms with Gasteiger partial charge in [0, 0.05) is 26.2 Å². The first-order chi connectivity index (χ1) is 15.6. The minimum absolute atomic E-state index is 0.0582. The molecule has 0 aliphatic carbocycles. The summed E-state index contributed by atoms with van der Waals surface area (Å²) in [5, 5.41) is 2.55. The van der Waals surface area contributed by atoms with Crippen molar-refractivity contribution in [3.63, 3.8) is 0 Å². The van der Waals surface area contributed by atoms with Gasteiger partial charge in [0.15, 0.2) is 6.61 Å². The standard InChI is InChI=1S/C24H31N3O5S/c1-24(2,3)19-9-11-21(12-10-19)33(30,31)27-15-13-26(14-16-27)23(29)17-25-22(28)18-32-20-7-5-4-6-8-20/h4-12H,13-18H2,1-3H3,(H,25,28). The van der Waals surface area contributed by atoms with E-state index in [0.717, 1.165) is 5.56 Å². The van der Waals surface area contributed by atoms with E-state index in [2.05, 4.69) is 26.1 Å². The predicted molar refractivity (Wildman–Crippen MR) is 125 cm³/mol. The molecule has 1 heterocycles. The second-order valence-electron chi connectivity index (χ2n) is 8.94. The topological polar surface area (TPSA) is 96.0 Å². The van der Waals surface area contributed by atoms with Crippen LogP contribution < -0.4 is 10.1 Å². The number of piperazine rings is 1. The summed E-state index contributed by atoms with van der Waals surface area (Å²) < 4.78 is 32.7. The van der Waals surface area contributed by atoms with Gasteiger partial charge in [-0.3, -0.25) is 9.59 Å². The Labute approximate surface area is 195 Å². The summed E-state index contributed by atoms with van der Waals surface area (Å²) in [7, 11) is -3.62. The molecule has 0 atom stereocenters. The highest BCUT2D eigenvalue weighted by molar-refractivity contribution is 7.89. The molecule has 0 aromatic heterocycles. The van der Waals surface area contributed by atoms with Crippen molar-refractivity contribution in [3.8, 4) is 5.75 Å². The van der Waals surface area contributed by atoms with Gasteiger partial charge >= 0.3 is 0 Å². The maximum absolute atomic E-state index is 13.0. The summed E-state index contributed by atoms with van der Waals surface area (Å²) in [5.41, 5.74) is 1.00. The first-order valence-electron chi connectivity index (χ1n) is 10.9. The van der Waals surface area contributed by atoms with Crippen LogP contribution in [-0.4, -0.2) is 68.8 Å². The number of ether oxygens (including phenoxy) is 1. The molecule has 33 heavy (non-hydrogen) atoms. The molecule has 0 radical (unpaired) electrons. The molecule has 1 saturated heterocycles. The molecule has 0 bridgehead atoms. The monoisotopic (exact) mass is 473 g/mol. The fourth-order valence-corrected chi connectivity index (χ4v) is 4.88. The molecule has 9 heteroatoms. The molecular formula is C24H31N3O5S. The van der Waals surface area contributed by atoms with E-state index in [9.17, 15) is 18.0 Å². The molecule has 1 fully saturated rings. The lowest BCUT2D eigenvalue weighted by atomic mass is 9.87. The van der Waals surface area contributed by atoms with Crippen molar-refractivity contribution in [1.29, 1.82) is 0 Å². The number of carbonyl (C=O) groups is 2. The van der Waals surface area contributed by atoms with Crippen LogP contribution in [0, 0.1) is 0 Å². The lowest BCUT2D eigenvalue weighted by Gasteiger charge is -2.34. The number of nitrogens with zero attached hydrogens (tertiary/aromatic N) is 2. The Morgan fingerprint density at radius 2 is 1.55 bits per heavy atom. The van der Waals surface area contributed by atoms with Gasteiger partial charge < -0.3 is 15.0 Å². The molecule has 2 amide bonds. The van der Waals surface area contributed by atoms with Gasteiger partial charge in [0.25, 0.3) is 5.91 Å². The number of carbonyl (C=O) groups excluding carboxylic acids is 2. The zero-order chi connectivity index (χ0) is 24.1. The summed E-state index contributed by atoms with van der Waals surface area (Å²) in [5.74, 6) is -0.0777.